The third-order valence-electron chi connectivity index (χ3n) is 3.14. The van der Waals surface area contributed by atoms with Crippen LogP contribution in [0.2, 0.25) is 0 Å². The molecule has 1 fully saturated rings. The van der Waals surface area contributed by atoms with Crippen LogP contribution in [0.3, 0.4) is 0 Å². The fraction of sp³-hybridized carbons (Fsp3) is 0.538. The SMILES string of the molecule is CCOC(=O)C1CCCN(C(=O)c2sccc2Br)C1. The number of ether oxygens (including phenoxy) is 1. The topological polar surface area (TPSA) is 46.6 Å². The molecule has 4 nitrogen and oxygen atoms in total. The molecule has 2 rings (SSSR count). The van der Waals surface area contributed by atoms with Gasteiger partial charge in [-0.25, -0.2) is 0 Å². The van der Waals surface area contributed by atoms with Crippen LogP contribution in [0.4, 0.5) is 0 Å². The third kappa shape index (κ3) is 3.36. The lowest BCUT2D eigenvalue weighted by molar-refractivity contribution is -0.149. The van der Waals surface area contributed by atoms with E-state index in [0.717, 1.165) is 17.3 Å². The number of esters is 1. The van der Waals surface area contributed by atoms with Crippen LogP contribution >= 0.6 is 27.3 Å². The van der Waals surface area contributed by atoms with Crippen molar-refractivity contribution in [2.45, 2.75) is 19.8 Å². The minimum atomic E-state index is -0.190. The summed E-state index contributed by atoms with van der Waals surface area (Å²) in [4.78, 5) is 26.6. The molecule has 1 unspecified atom stereocenters. The van der Waals surface area contributed by atoms with Gasteiger partial charge in [0.15, 0.2) is 0 Å². The molecule has 0 N–H and O–H groups in total. The predicted octanol–water partition coefficient (Wildman–Crippen LogP) is 2.93. The van der Waals surface area contributed by atoms with Crippen molar-refractivity contribution in [2.24, 2.45) is 5.92 Å². The highest BCUT2D eigenvalue weighted by molar-refractivity contribution is 9.10. The lowest BCUT2D eigenvalue weighted by Crippen LogP contribution is -2.42. The number of hydrogen-bond acceptors (Lipinski definition) is 4. The average Bonchev–Trinajstić information content (AvgIpc) is 2.84. The quantitative estimate of drug-likeness (QED) is 0.791. The maximum Gasteiger partial charge on any atom is 0.310 e. The van der Waals surface area contributed by atoms with E-state index in [4.69, 9.17) is 4.74 Å². The summed E-state index contributed by atoms with van der Waals surface area (Å²) in [5.74, 6) is -0.377. The third-order valence-corrected chi connectivity index (χ3v) is 4.97. The first kappa shape index (κ1) is 14.5. The molecule has 6 heteroatoms. The summed E-state index contributed by atoms with van der Waals surface area (Å²) >= 11 is 4.79. The lowest BCUT2D eigenvalue weighted by atomic mass is 9.98. The molecule has 2 heterocycles. The second-order valence-corrected chi connectivity index (χ2v) is 6.21. The van der Waals surface area contributed by atoms with E-state index < -0.39 is 0 Å². The van der Waals surface area contributed by atoms with Gasteiger partial charge in [0.25, 0.3) is 5.91 Å². The van der Waals surface area contributed by atoms with Gasteiger partial charge in [0, 0.05) is 17.6 Å². The van der Waals surface area contributed by atoms with Gasteiger partial charge in [-0.2, -0.15) is 0 Å². The molecule has 1 aliphatic heterocycles. The van der Waals surface area contributed by atoms with Gasteiger partial charge < -0.3 is 9.64 Å². The van der Waals surface area contributed by atoms with Crippen molar-refractivity contribution in [2.75, 3.05) is 19.7 Å². The number of carbonyl (C=O) groups excluding carboxylic acids is 2. The molecule has 104 valence electrons. The molecular formula is C13H16BrNO3S. The zero-order chi connectivity index (χ0) is 13.8. The molecule has 0 aliphatic carbocycles. The predicted molar refractivity (Wildman–Crippen MR) is 77.3 cm³/mol. The smallest absolute Gasteiger partial charge is 0.310 e. The Labute approximate surface area is 124 Å². The Hall–Kier alpha value is -0.880. The van der Waals surface area contributed by atoms with Crippen LogP contribution in [0.25, 0.3) is 0 Å². The summed E-state index contributed by atoms with van der Waals surface area (Å²) in [6.45, 7) is 3.35. The van der Waals surface area contributed by atoms with Crippen LogP contribution in [0.5, 0.6) is 0 Å². The maximum absolute atomic E-state index is 12.4. The summed E-state index contributed by atoms with van der Waals surface area (Å²) < 4.78 is 5.86. The molecule has 1 amide bonds. The zero-order valence-electron chi connectivity index (χ0n) is 10.7. The number of likely N-dealkylation sites (tertiary alicyclic amines) is 1. The molecule has 1 aromatic rings. The normalized spacial score (nSPS) is 19.3. The van der Waals surface area contributed by atoms with E-state index in [9.17, 15) is 9.59 Å². The number of halogens is 1. The van der Waals surface area contributed by atoms with Crippen molar-refractivity contribution >= 4 is 39.1 Å². The second-order valence-electron chi connectivity index (χ2n) is 4.44. The van der Waals surface area contributed by atoms with E-state index in [1.807, 2.05) is 11.4 Å². The Morgan fingerprint density at radius 2 is 2.37 bits per heavy atom. The number of rotatable bonds is 3. The maximum atomic E-state index is 12.4. The van der Waals surface area contributed by atoms with Gasteiger partial charge in [-0.05, 0) is 47.1 Å². The average molecular weight is 346 g/mol. The van der Waals surface area contributed by atoms with Crippen molar-refractivity contribution < 1.29 is 14.3 Å². The first-order valence-corrected chi connectivity index (χ1v) is 7.99. The summed E-state index contributed by atoms with van der Waals surface area (Å²) in [6.07, 6.45) is 1.65. The fourth-order valence-corrected chi connectivity index (χ4v) is 3.71. The zero-order valence-corrected chi connectivity index (χ0v) is 13.1. The number of carbonyl (C=O) groups is 2. The summed E-state index contributed by atoms with van der Waals surface area (Å²) in [6, 6.07) is 1.87. The van der Waals surface area contributed by atoms with Crippen molar-refractivity contribution in [3.63, 3.8) is 0 Å². The molecule has 0 aromatic carbocycles. The van der Waals surface area contributed by atoms with Crippen LogP contribution in [0, 0.1) is 5.92 Å². The fourth-order valence-electron chi connectivity index (χ4n) is 2.20. The summed E-state index contributed by atoms with van der Waals surface area (Å²) in [7, 11) is 0. The van der Waals surface area contributed by atoms with Gasteiger partial charge in [-0.15, -0.1) is 11.3 Å². The number of amides is 1. The molecule has 0 saturated carbocycles. The van der Waals surface area contributed by atoms with Crippen molar-refractivity contribution in [3.05, 3.63) is 20.8 Å². The molecule has 0 bridgehead atoms. The second kappa shape index (κ2) is 6.52. The molecule has 1 atom stereocenters. The highest BCUT2D eigenvalue weighted by Gasteiger charge is 2.30. The van der Waals surface area contributed by atoms with E-state index in [1.54, 1.807) is 11.8 Å². The first-order chi connectivity index (χ1) is 9.13. The van der Waals surface area contributed by atoms with E-state index in [1.165, 1.54) is 11.3 Å². The largest absolute Gasteiger partial charge is 0.466 e. The number of hydrogen-bond donors (Lipinski definition) is 0. The van der Waals surface area contributed by atoms with Gasteiger partial charge in [0.05, 0.1) is 12.5 Å². The van der Waals surface area contributed by atoms with Crippen LogP contribution < -0.4 is 0 Å². The van der Waals surface area contributed by atoms with Gasteiger partial charge in [0.1, 0.15) is 4.88 Å². The van der Waals surface area contributed by atoms with Gasteiger partial charge in [0.2, 0.25) is 0 Å². The Morgan fingerprint density at radius 1 is 1.58 bits per heavy atom. The van der Waals surface area contributed by atoms with Gasteiger partial charge >= 0.3 is 5.97 Å². The van der Waals surface area contributed by atoms with Gasteiger partial charge in [-0.1, -0.05) is 0 Å². The molecule has 1 aromatic heterocycles. The Balaban J connectivity index is 2.03. The highest BCUT2D eigenvalue weighted by Crippen LogP contribution is 2.26. The van der Waals surface area contributed by atoms with E-state index in [-0.39, 0.29) is 17.8 Å². The standard InChI is InChI=1S/C13H16BrNO3S/c1-2-18-13(17)9-4-3-6-15(8-9)12(16)11-10(14)5-7-19-11/h5,7,9H,2-4,6,8H2,1H3. The Morgan fingerprint density at radius 3 is 3.00 bits per heavy atom. The van der Waals surface area contributed by atoms with Crippen LogP contribution in [-0.2, 0) is 9.53 Å². The minimum Gasteiger partial charge on any atom is -0.466 e. The number of nitrogens with zero attached hydrogens (tertiary/aromatic N) is 1. The van der Waals surface area contributed by atoms with Gasteiger partial charge in [-0.3, -0.25) is 9.59 Å². The van der Waals surface area contributed by atoms with Crippen molar-refractivity contribution in [1.29, 1.82) is 0 Å². The number of piperidine rings is 1. The van der Waals surface area contributed by atoms with E-state index in [0.29, 0.717) is 24.6 Å². The van der Waals surface area contributed by atoms with Crippen LogP contribution in [0.1, 0.15) is 29.4 Å². The first-order valence-electron chi connectivity index (χ1n) is 6.32. The molecule has 1 aliphatic rings. The monoisotopic (exact) mass is 345 g/mol. The van der Waals surface area contributed by atoms with Crippen molar-refractivity contribution in [1.82, 2.24) is 4.90 Å². The van der Waals surface area contributed by atoms with Crippen LogP contribution in [0.15, 0.2) is 15.9 Å². The molecule has 1 saturated heterocycles. The molecule has 19 heavy (non-hydrogen) atoms. The highest BCUT2D eigenvalue weighted by atomic mass is 79.9. The number of thiophene rings is 1. The Kier molecular flexibility index (Phi) is 4.99. The minimum absolute atomic E-state index is 0.00382. The molecule has 0 radical (unpaired) electrons. The van der Waals surface area contributed by atoms with E-state index in [2.05, 4.69) is 15.9 Å². The Bertz CT molecular complexity index is 474. The van der Waals surface area contributed by atoms with Crippen LogP contribution in [-0.4, -0.2) is 36.5 Å². The molecule has 0 spiro atoms. The molecular weight excluding hydrogens is 330 g/mol. The van der Waals surface area contributed by atoms with E-state index >= 15 is 0 Å². The summed E-state index contributed by atoms with van der Waals surface area (Å²) in [5.41, 5.74) is 0. The lowest BCUT2D eigenvalue weighted by Gasteiger charge is -2.31. The van der Waals surface area contributed by atoms with Crippen molar-refractivity contribution in [3.8, 4) is 0 Å². The summed E-state index contributed by atoms with van der Waals surface area (Å²) in [5, 5.41) is 1.88.